The Morgan fingerprint density at radius 3 is 2.55 bits per heavy atom. The summed E-state index contributed by atoms with van der Waals surface area (Å²) in [6, 6.07) is 0. The Hall–Kier alpha value is -1.40. The van der Waals surface area contributed by atoms with Gasteiger partial charge >= 0.3 is 5.97 Å². The normalized spacial score (nSPS) is 39.7. The second kappa shape index (κ2) is 5.66. The van der Waals surface area contributed by atoms with Gasteiger partial charge < -0.3 is 19.5 Å². The number of hydrogen-bond acceptors (Lipinski definition) is 5. The molecule has 2 fully saturated rings. The lowest BCUT2D eigenvalue weighted by Gasteiger charge is -2.49. The smallest absolute Gasteiger partial charge is 0.316 e. The van der Waals surface area contributed by atoms with E-state index in [1.165, 1.54) is 0 Å². The molecule has 1 aliphatic carbocycles. The number of carbonyl (C=O) groups excluding carboxylic acids is 2. The van der Waals surface area contributed by atoms with Gasteiger partial charge in [0.2, 0.25) is 5.91 Å². The maximum atomic E-state index is 12.2. The first-order valence-corrected chi connectivity index (χ1v) is 7.84. The molecule has 0 aromatic carbocycles. The Morgan fingerprint density at radius 2 is 1.86 bits per heavy atom. The number of carbonyl (C=O) groups is 2. The van der Waals surface area contributed by atoms with E-state index in [0.717, 1.165) is 18.4 Å². The number of hydrogen-bond donors (Lipinski definition) is 1. The van der Waals surface area contributed by atoms with E-state index >= 15 is 0 Å². The molecule has 6 nitrogen and oxygen atoms in total. The number of rotatable bonds is 0. The number of allylic oxidation sites excluding steroid dienone is 1. The molecule has 4 bridgehead atoms. The van der Waals surface area contributed by atoms with E-state index in [1.807, 2.05) is 6.92 Å². The van der Waals surface area contributed by atoms with Gasteiger partial charge in [0.25, 0.3) is 0 Å². The van der Waals surface area contributed by atoms with Crippen LogP contribution in [0.5, 0.6) is 0 Å². The van der Waals surface area contributed by atoms with Gasteiger partial charge in [-0.1, -0.05) is 5.57 Å². The minimum atomic E-state index is -0.759. The molecule has 22 heavy (non-hydrogen) atoms. The molecule has 1 amide bonds. The monoisotopic (exact) mass is 309 g/mol. The van der Waals surface area contributed by atoms with Crippen molar-refractivity contribution in [3.8, 4) is 0 Å². The van der Waals surface area contributed by atoms with Crippen molar-refractivity contribution in [2.75, 3.05) is 26.4 Å². The van der Waals surface area contributed by atoms with Crippen LogP contribution in [0, 0.1) is 11.3 Å². The highest BCUT2D eigenvalue weighted by Gasteiger charge is 2.50. The predicted molar refractivity (Wildman–Crippen MR) is 77.8 cm³/mol. The Kier molecular flexibility index (Phi) is 3.99. The van der Waals surface area contributed by atoms with E-state index < -0.39 is 11.2 Å². The predicted octanol–water partition coefficient (Wildman–Crippen LogP) is 1.16. The van der Waals surface area contributed by atoms with Gasteiger partial charge in [0.15, 0.2) is 5.79 Å². The molecular formula is C16H23NO5. The van der Waals surface area contributed by atoms with Crippen LogP contribution in [0.15, 0.2) is 11.6 Å². The molecule has 4 heterocycles. The first-order valence-electron chi connectivity index (χ1n) is 7.84. The largest absolute Gasteiger partial charge is 0.465 e. The Bertz CT molecular complexity index is 497. The van der Waals surface area contributed by atoms with Crippen molar-refractivity contribution in [2.24, 2.45) is 11.3 Å². The van der Waals surface area contributed by atoms with E-state index in [2.05, 4.69) is 5.32 Å². The molecule has 0 aromatic rings. The molecule has 122 valence electrons. The van der Waals surface area contributed by atoms with Gasteiger partial charge in [-0.3, -0.25) is 9.59 Å². The van der Waals surface area contributed by atoms with Gasteiger partial charge in [0, 0.05) is 18.5 Å². The number of amides is 1. The summed E-state index contributed by atoms with van der Waals surface area (Å²) in [5.41, 5.74) is 0.359. The summed E-state index contributed by atoms with van der Waals surface area (Å²) in [5.74, 6) is -0.855. The molecule has 0 unspecified atom stereocenters. The number of ether oxygens (including phenoxy) is 3. The number of esters is 1. The van der Waals surface area contributed by atoms with Crippen molar-refractivity contribution in [1.82, 2.24) is 5.32 Å². The average molecular weight is 309 g/mol. The SMILES string of the molecule is CC12COC(C)(OC1)C1CC(=CC(=O)NCCCOC2=O)C1. The highest BCUT2D eigenvalue weighted by Crippen LogP contribution is 2.46. The standard InChI is InChI=1S/C16H23NO5/c1-15-9-21-16(2,22-10-15)12-6-11(7-12)8-13(18)17-4-3-5-20-14(15)19/h8,12H,3-7,9-10H2,1-2H3,(H,17,18). The summed E-state index contributed by atoms with van der Waals surface area (Å²) >= 11 is 0. The third-order valence-electron chi connectivity index (χ3n) is 4.79. The molecule has 0 atom stereocenters. The summed E-state index contributed by atoms with van der Waals surface area (Å²) < 4.78 is 17.1. The van der Waals surface area contributed by atoms with E-state index in [9.17, 15) is 9.59 Å². The Morgan fingerprint density at radius 1 is 1.18 bits per heavy atom. The topological polar surface area (TPSA) is 73.9 Å². The van der Waals surface area contributed by atoms with E-state index in [0.29, 0.717) is 26.2 Å². The lowest BCUT2D eigenvalue weighted by atomic mass is 9.74. The fraction of sp³-hybridized carbons (Fsp3) is 0.750. The minimum Gasteiger partial charge on any atom is -0.465 e. The molecule has 1 saturated carbocycles. The molecule has 1 N–H and O–H groups in total. The molecule has 0 spiro atoms. The van der Waals surface area contributed by atoms with Gasteiger partial charge in [-0.25, -0.2) is 0 Å². The Balaban J connectivity index is 1.75. The fourth-order valence-electron chi connectivity index (χ4n) is 2.96. The highest BCUT2D eigenvalue weighted by molar-refractivity contribution is 5.88. The second-order valence-corrected chi connectivity index (χ2v) is 6.84. The average Bonchev–Trinajstić information content (AvgIpc) is 2.45. The number of nitrogens with one attached hydrogen (secondary N) is 1. The quantitative estimate of drug-likeness (QED) is 0.680. The first kappa shape index (κ1) is 15.5. The first-order chi connectivity index (χ1) is 10.4. The van der Waals surface area contributed by atoms with Crippen LogP contribution in [0.3, 0.4) is 0 Å². The van der Waals surface area contributed by atoms with Crippen molar-refractivity contribution in [1.29, 1.82) is 0 Å². The third kappa shape index (κ3) is 2.90. The molecule has 6 heteroatoms. The molecule has 5 rings (SSSR count). The van der Waals surface area contributed by atoms with Gasteiger partial charge in [0.1, 0.15) is 5.41 Å². The third-order valence-corrected chi connectivity index (χ3v) is 4.79. The zero-order valence-corrected chi connectivity index (χ0v) is 13.1. The van der Waals surface area contributed by atoms with Crippen LogP contribution >= 0.6 is 0 Å². The molecule has 1 saturated heterocycles. The van der Waals surface area contributed by atoms with Crippen molar-refractivity contribution in [2.45, 2.75) is 38.9 Å². The molecule has 0 radical (unpaired) electrons. The van der Waals surface area contributed by atoms with Crippen molar-refractivity contribution >= 4 is 11.9 Å². The summed E-state index contributed by atoms with van der Waals surface area (Å²) in [7, 11) is 0. The zero-order chi connectivity index (χ0) is 15.8. The van der Waals surface area contributed by atoms with E-state index in [1.54, 1.807) is 13.0 Å². The molecular weight excluding hydrogens is 286 g/mol. The summed E-state index contributed by atoms with van der Waals surface area (Å²) in [6.45, 7) is 5.11. The van der Waals surface area contributed by atoms with Gasteiger partial charge in [-0.05, 0) is 33.1 Å². The van der Waals surface area contributed by atoms with Crippen molar-refractivity contribution in [3.63, 3.8) is 0 Å². The number of fused-ring (bicyclic) bond motifs is 1. The van der Waals surface area contributed by atoms with Crippen LogP contribution in [0.4, 0.5) is 0 Å². The fourth-order valence-corrected chi connectivity index (χ4v) is 2.96. The maximum absolute atomic E-state index is 12.2. The molecule has 4 aliphatic heterocycles. The van der Waals surface area contributed by atoms with Crippen LogP contribution in [0.2, 0.25) is 0 Å². The van der Waals surface area contributed by atoms with Crippen molar-refractivity contribution < 1.29 is 23.8 Å². The van der Waals surface area contributed by atoms with Crippen LogP contribution in [0.25, 0.3) is 0 Å². The summed E-state index contributed by atoms with van der Waals surface area (Å²) in [4.78, 5) is 24.0. The highest BCUT2D eigenvalue weighted by atomic mass is 16.7. The zero-order valence-electron chi connectivity index (χ0n) is 13.1. The minimum absolute atomic E-state index is 0.0853. The summed E-state index contributed by atoms with van der Waals surface area (Å²) in [6.07, 6.45) is 3.85. The molecule has 5 aliphatic rings. The molecule has 0 aromatic heterocycles. The second-order valence-electron chi connectivity index (χ2n) is 6.84. The lowest BCUT2D eigenvalue weighted by molar-refractivity contribution is -0.317. The van der Waals surface area contributed by atoms with Gasteiger partial charge in [-0.15, -0.1) is 0 Å². The van der Waals surface area contributed by atoms with Gasteiger partial charge in [-0.2, -0.15) is 0 Å². The lowest BCUT2D eigenvalue weighted by Crippen LogP contribution is -2.55. The maximum Gasteiger partial charge on any atom is 0.316 e. The Labute approximate surface area is 130 Å². The van der Waals surface area contributed by atoms with E-state index in [-0.39, 0.29) is 24.4 Å². The van der Waals surface area contributed by atoms with Crippen LogP contribution in [0.1, 0.15) is 33.1 Å². The van der Waals surface area contributed by atoms with Crippen LogP contribution in [-0.2, 0) is 23.8 Å². The summed E-state index contributed by atoms with van der Waals surface area (Å²) in [5, 5.41) is 2.81. The van der Waals surface area contributed by atoms with Crippen LogP contribution < -0.4 is 5.32 Å². The van der Waals surface area contributed by atoms with Crippen LogP contribution in [-0.4, -0.2) is 44.0 Å². The van der Waals surface area contributed by atoms with Gasteiger partial charge in [0.05, 0.1) is 19.8 Å². The van der Waals surface area contributed by atoms with Crippen molar-refractivity contribution in [3.05, 3.63) is 11.6 Å². The van der Waals surface area contributed by atoms with E-state index in [4.69, 9.17) is 14.2 Å².